The lowest BCUT2D eigenvalue weighted by Crippen LogP contribution is -2.34. The second-order valence-electron chi connectivity index (χ2n) is 5.64. The molecular formula is C18H18ClN3O2S2. The van der Waals surface area contributed by atoms with Gasteiger partial charge in [0.15, 0.2) is 11.2 Å². The maximum atomic E-state index is 11.7. The summed E-state index contributed by atoms with van der Waals surface area (Å²) in [6.07, 6.45) is -0.484. The number of hydrogen-bond donors (Lipinski definition) is 3. The van der Waals surface area contributed by atoms with Gasteiger partial charge in [0.2, 0.25) is 0 Å². The number of carbonyl (C=O) groups excluding carboxylic acids is 1. The average molecular weight is 408 g/mol. The second-order valence-corrected chi connectivity index (χ2v) is 7.66. The van der Waals surface area contributed by atoms with Crippen molar-refractivity contribution in [3.05, 3.63) is 47.5 Å². The molecule has 0 unspecified atom stereocenters. The molecule has 1 aliphatic rings. The zero-order valence-corrected chi connectivity index (χ0v) is 16.4. The Labute approximate surface area is 166 Å². The molecule has 0 saturated heterocycles. The van der Waals surface area contributed by atoms with Crippen molar-refractivity contribution in [2.75, 3.05) is 22.9 Å². The summed E-state index contributed by atoms with van der Waals surface area (Å²) in [5.41, 5.74) is 1.42. The number of halogens is 1. The largest absolute Gasteiger partial charge is 0.479 e. The predicted molar refractivity (Wildman–Crippen MR) is 112 cm³/mol. The van der Waals surface area contributed by atoms with Gasteiger partial charge in [-0.05, 0) is 61.6 Å². The standard InChI is InChI=1S/C18H18ClN3O2S2/c1-11-17(23)22-15-10-13(4-7-16(15)24-11)21-18(25)20-8-9-26-14-5-2-12(19)3-6-14/h2-7,10-11H,8-9H2,1H3,(H,22,23)(H2,20,21,25)/t11-/m1/s1. The first-order valence-corrected chi connectivity index (χ1v) is 9.83. The van der Waals surface area contributed by atoms with E-state index in [1.807, 2.05) is 36.4 Å². The predicted octanol–water partition coefficient (Wildman–Crippen LogP) is 4.14. The van der Waals surface area contributed by atoms with Gasteiger partial charge in [-0.2, -0.15) is 0 Å². The molecule has 0 aromatic heterocycles. The number of hydrogen-bond acceptors (Lipinski definition) is 4. The van der Waals surface area contributed by atoms with Crippen LogP contribution in [0, 0.1) is 0 Å². The lowest BCUT2D eigenvalue weighted by molar-refractivity contribution is -0.122. The fourth-order valence-electron chi connectivity index (χ4n) is 2.33. The fourth-order valence-corrected chi connectivity index (χ4v) is 3.44. The first-order valence-electron chi connectivity index (χ1n) is 8.06. The van der Waals surface area contributed by atoms with E-state index < -0.39 is 6.10 Å². The van der Waals surface area contributed by atoms with Crippen molar-refractivity contribution in [3.8, 4) is 5.75 Å². The van der Waals surface area contributed by atoms with Crippen molar-refractivity contribution in [2.24, 2.45) is 0 Å². The molecule has 0 fully saturated rings. The van der Waals surface area contributed by atoms with Crippen LogP contribution in [-0.4, -0.2) is 29.4 Å². The van der Waals surface area contributed by atoms with Crippen molar-refractivity contribution in [1.29, 1.82) is 0 Å². The fraction of sp³-hybridized carbons (Fsp3) is 0.222. The average Bonchev–Trinajstić information content (AvgIpc) is 2.61. The molecule has 3 N–H and O–H groups in total. The van der Waals surface area contributed by atoms with Crippen LogP contribution in [0.15, 0.2) is 47.4 Å². The van der Waals surface area contributed by atoms with Crippen LogP contribution in [0.5, 0.6) is 5.75 Å². The summed E-state index contributed by atoms with van der Waals surface area (Å²) in [6.45, 7) is 2.44. The number of fused-ring (bicyclic) bond motifs is 1. The molecule has 26 heavy (non-hydrogen) atoms. The van der Waals surface area contributed by atoms with E-state index in [9.17, 15) is 4.79 Å². The Morgan fingerprint density at radius 3 is 2.85 bits per heavy atom. The van der Waals surface area contributed by atoms with E-state index in [1.54, 1.807) is 24.8 Å². The highest BCUT2D eigenvalue weighted by molar-refractivity contribution is 7.99. The van der Waals surface area contributed by atoms with E-state index in [-0.39, 0.29) is 5.91 Å². The number of thiocarbonyl (C=S) groups is 1. The number of anilines is 2. The third kappa shape index (κ3) is 5.03. The van der Waals surface area contributed by atoms with Crippen LogP contribution in [-0.2, 0) is 4.79 Å². The molecule has 5 nitrogen and oxygen atoms in total. The topological polar surface area (TPSA) is 62.4 Å². The molecule has 0 saturated carbocycles. The molecule has 2 aromatic carbocycles. The smallest absolute Gasteiger partial charge is 0.265 e. The van der Waals surface area contributed by atoms with E-state index in [0.29, 0.717) is 16.5 Å². The van der Waals surface area contributed by atoms with Crippen LogP contribution in [0.3, 0.4) is 0 Å². The van der Waals surface area contributed by atoms with E-state index in [4.69, 9.17) is 28.6 Å². The molecule has 1 heterocycles. The zero-order chi connectivity index (χ0) is 18.5. The number of benzene rings is 2. The number of amides is 1. The van der Waals surface area contributed by atoms with Crippen LogP contribution in [0.1, 0.15) is 6.92 Å². The maximum absolute atomic E-state index is 11.7. The lowest BCUT2D eigenvalue weighted by atomic mass is 10.2. The minimum atomic E-state index is -0.484. The van der Waals surface area contributed by atoms with Crippen LogP contribution >= 0.6 is 35.6 Å². The third-order valence-corrected chi connectivity index (χ3v) is 5.15. The van der Waals surface area contributed by atoms with Crippen molar-refractivity contribution in [1.82, 2.24) is 5.32 Å². The Morgan fingerprint density at radius 2 is 2.08 bits per heavy atom. The van der Waals surface area contributed by atoms with E-state index >= 15 is 0 Å². The normalized spacial score (nSPS) is 15.5. The molecule has 1 amide bonds. The Balaban J connectivity index is 1.45. The van der Waals surface area contributed by atoms with Gasteiger partial charge in [0.05, 0.1) is 5.69 Å². The third-order valence-electron chi connectivity index (χ3n) is 3.64. The highest BCUT2D eigenvalue weighted by Gasteiger charge is 2.23. The molecule has 1 atom stereocenters. The van der Waals surface area contributed by atoms with Crippen molar-refractivity contribution < 1.29 is 9.53 Å². The monoisotopic (exact) mass is 407 g/mol. The minimum absolute atomic E-state index is 0.158. The lowest BCUT2D eigenvalue weighted by Gasteiger charge is -2.23. The van der Waals surface area contributed by atoms with Crippen molar-refractivity contribution in [3.63, 3.8) is 0 Å². The first-order chi connectivity index (χ1) is 12.5. The summed E-state index contributed by atoms with van der Waals surface area (Å²) in [7, 11) is 0. The quantitative estimate of drug-likeness (QED) is 0.393. The minimum Gasteiger partial charge on any atom is -0.479 e. The molecule has 3 rings (SSSR count). The molecule has 0 radical (unpaired) electrons. The number of ether oxygens (including phenoxy) is 1. The highest BCUT2D eigenvalue weighted by Crippen LogP contribution is 2.32. The van der Waals surface area contributed by atoms with E-state index in [0.717, 1.165) is 27.9 Å². The van der Waals surface area contributed by atoms with E-state index in [2.05, 4.69) is 16.0 Å². The maximum Gasteiger partial charge on any atom is 0.265 e. The molecule has 1 aliphatic heterocycles. The highest BCUT2D eigenvalue weighted by atomic mass is 35.5. The van der Waals surface area contributed by atoms with Crippen LogP contribution in [0.25, 0.3) is 0 Å². The van der Waals surface area contributed by atoms with Gasteiger partial charge in [-0.25, -0.2) is 0 Å². The van der Waals surface area contributed by atoms with Gasteiger partial charge < -0.3 is 20.7 Å². The van der Waals surface area contributed by atoms with Gasteiger partial charge in [0, 0.05) is 27.9 Å². The van der Waals surface area contributed by atoms with Gasteiger partial charge in [-0.15, -0.1) is 11.8 Å². The van der Waals surface area contributed by atoms with E-state index in [1.165, 1.54) is 0 Å². The Kier molecular flexibility index (Phi) is 6.24. The zero-order valence-electron chi connectivity index (χ0n) is 14.0. The Hall–Kier alpha value is -1.96. The summed E-state index contributed by atoms with van der Waals surface area (Å²) in [6, 6.07) is 13.2. The Morgan fingerprint density at radius 1 is 1.31 bits per heavy atom. The second kappa shape index (κ2) is 8.62. The van der Waals surface area contributed by atoms with Crippen LogP contribution in [0.4, 0.5) is 11.4 Å². The van der Waals surface area contributed by atoms with Gasteiger partial charge in [-0.3, -0.25) is 4.79 Å². The van der Waals surface area contributed by atoms with Crippen LogP contribution in [0.2, 0.25) is 5.02 Å². The number of nitrogens with one attached hydrogen (secondary N) is 3. The molecule has 8 heteroatoms. The van der Waals surface area contributed by atoms with Crippen molar-refractivity contribution >= 4 is 58.0 Å². The number of thioether (sulfide) groups is 1. The first kappa shape index (κ1) is 18.8. The van der Waals surface area contributed by atoms with Crippen molar-refractivity contribution in [2.45, 2.75) is 17.9 Å². The van der Waals surface area contributed by atoms with Gasteiger partial charge >= 0.3 is 0 Å². The SMILES string of the molecule is C[C@H]1Oc2ccc(NC(=S)NCCSc3ccc(Cl)cc3)cc2NC1=O. The van der Waals surface area contributed by atoms with Gasteiger partial charge in [0.1, 0.15) is 5.75 Å². The summed E-state index contributed by atoms with van der Waals surface area (Å²) in [5.74, 6) is 1.37. The summed E-state index contributed by atoms with van der Waals surface area (Å²) >= 11 is 12.9. The van der Waals surface area contributed by atoms with Crippen LogP contribution < -0.4 is 20.7 Å². The summed E-state index contributed by atoms with van der Waals surface area (Å²) in [5, 5.41) is 10.4. The molecule has 136 valence electrons. The summed E-state index contributed by atoms with van der Waals surface area (Å²) in [4.78, 5) is 12.9. The van der Waals surface area contributed by atoms with Gasteiger partial charge in [0.25, 0.3) is 5.91 Å². The molecular weight excluding hydrogens is 390 g/mol. The molecule has 2 aromatic rings. The summed E-state index contributed by atoms with van der Waals surface area (Å²) < 4.78 is 5.53. The molecule has 0 bridgehead atoms. The number of rotatable bonds is 5. The molecule has 0 aliphatic carbocycles. The molecule has 0 spiro atoms. The Bertz CT molecular complexity index is 815. The number of carbonyl (C=O) groups is 1. The van der Waals surface area contributed by atoms with Gasteiger partial charge in [-0.1, -0.05) is 11.6 Å².